The zero-order valence-corrected chi connectivity index (χ0v) is 9.83. The molecule has 0 aromatic carbocycles. The van der Waals surface area contributed by atoms with E-state index in [-0.39, 0.29) is 17.1 Å². The Balaban J connectivity index is 2.77. The molecule has 4 nitrogen and oxygen atoms in total. The van der Waals surface area contributed by atoms with Crippen LogP contribution < -0.4 is 0 Å². The molecule has 1 aliphatic rings. The molecule has 1 aliphatic heterocycles. The lowest BCUT2D eigenvalue weighted by Gasteiger charge is -2.08. The largest absolute Gasteiger partial charge is 0.256 e. The molecule has 0 spiro atoms. The smallest absolute Gasteiger partial charge is 0.229 e. The van der Waals surface area contributed by atoms with Crippen LogP contribution in [0.25, 0.3) is 0 Å². The molecule has 0 aromatic heterocycles. The second kappa shape index (κ2) is 3.83. The molecule has 0 aliphatic carbocycles. The second-order valence-electron chi connectivity index (χ2n) is 3.31. The molecule has 1 fully saturated rings. The SMILES string of the molecule is C=C(CC1CCCS1(=O)=O)S(=O)(=O)Cl. The van der Waals surface area contributed by atoms with Crippen LogP contribution in [0.5, 0.6) is 0 Å². The van der Waals surface area contributed by atoms with E-state index in [0.29, 0.717) is 12.8 Å². The van der Waals surface area contributed by atoms with Gasteiger partial charge in [-0.15, -0.1) is 0 Å². The molecular formula is C7H11ClO4S2. The van der Waals surface area contributed by atoms with Gasteiger partial charge in [0.15, 0.2) is 9.84 Å². The van der Waals surface area contributed by atoms with E-state index in [2.05, 4.69) is 6.58 Å². The number of halogens is 1. The van der Waals surface area contributed by atoms with E-state index in [1.807, 2.05) is 0 Å². The molecule has 7 heteroatoms. The summed E-state index contributed by atoms with van der Waals surface area (Å²) >= 11 is 0. The van der Waals surface area contributed by atoms with Gasteiger partial charge >= 0.3 is 0 Å². The highest BCUT2D eigenvalue weighted by molar-refractivity contribution is 8.16. The zero-order chi connectivity index (χ0) is 11.0. The Labute approximate surface area is 88.3 Å². The van der Waals surface area contributed by atoms with Crippen molar-refractivity contribution in [1.82, 2.24) is 0 Å². The minimum Gasteiger partial charge on any atom is -0.229 e. The van der Waals surface area contributed by atoms with Crippen LogP contribution in [0.2, 0.25) is 0 Å². The second-order valence-corrected chi connectivity index (χ2v) is 8.38. The lowest BCUT2D eigenvalue weighted by atomic mass is 10.2. The van der Waals surface area contributed by atoms with Crippen molar-refractivity contribution < 1.29 is 16.8 Å². The van der Waals surface area contributed by atoms with Crippen LogP contribution in [-0.2, 0) is 18.9 Å². The maximum absolute atomic E-state index is 11.3. The predicted octanol–water partition coefficient (Wildman–Crippen LogP) is 1.04. The van der Waals surface area contributed by atoms with Gasteiger partial charge in [0.05, 0.1) is 15.9 Å². The molecule has 0 amide bonds. The molecule has 0 radical (unpaired) electrons. The Bertz CT molecular complexity index is 434. The first-order valence-corrected chi connectivity index (χ1v) is 8.10. The molecule has 1 atom stereocenters. The van der Waals surface area contributed by atoms with E-state index in [1.165, 1.54) is 0 Å². The van der Waals surface area contributed by atoms with Crippen molar-refractivity contribution >= 4 is 29.6 Å². The Hall–Kier alpha value is -0.0700. The summed E-state index contributed by atoms with van der Waals surface area (Å²) in [5.74, 6) is 0.132. The quantitative estimate of drug-likeness (QED) is 0.710. The molecule has 0 N–H and O–H groups in total. The average Bonchev–Trinajstić information content (AvgIpc) is 2.29. The van der Waals surface area contributed by atoms with Crippen molar-refractivity contribution in [3.8, 4) is 0 Å². The minimum atomic E-state index is -3.83. The first-order chi connectivity index (χ1) is 6.23. The third-order valence-corrected chi connectivity index (χ3v) is 6.05. The molecule has 0 bridgehead atoms. The normalized spacial score (nSPS) is 26.2. The van der Waals surface area contributed by atoms with Gasteiger partial charge in [-0.2, -0.15) is 0 Å². The van der Waals surface area contributed by atoms with E-state index >= 15 is 0 Å². The van der Waals surface area contributed by atoms with Crippen LogP contribution in [0.3, 0.4) is 0 Å². The fourth-order valence-electron chi connectivity index (χ4n) is 1.44. The molecule has 1 rings (SSSR count). The van der Waals surface area contributed by atoms with E-state index in [9.17, 15) is 16.8 Å². The van der Waals surface area contributed by atoms with Gasteiger partial charge in [-0.3, -0.25) is 0 Å². The summed E-state index contributed by atoms with van der Waals surface area (Å²) < 4.78 is 44.3. The van der Waals surface area contributed by atoms with Gasteiger partial charge in [0.25, 0.3) is 9.05 Å². The fraction of sp³-hybridized carbons (Fsp3) is 0.714. The molecule has 0 aromatic rings. The lowest BCUT2D eigenvalue weighted by molar-refractivity contribution is 0.588. The average molecular weight is 259 g/mol. The monoisotopic (exact) mass is 258 g/mol. The molecule has 1 unspecified atom stereocenters. The van der Waals surface area contributed by atoms with Crippen molar-refractivity contribution in [2.24, 2.45) is 0 Å². The van der Waals surface area contributed by atoms with Gasteiger partial charge < -0.3 is 0 Å². The first-order valence-electron chi connectivity index (χ1n) is 4.07. The molecular weight excluding hydrogens is 248 g/mol. The van der Waals surface area contributed by atoms with Crippen LogP contribution in [0.1, 0.15) is 19.3 Å². The first kappa shape index (κ1) is 12.0. The summed E-state index contributed by atoms with van der Waals surface area (Å²) in [6.45, 7) is 3.27. The summed E-state index contributed by atoms with van der Waals surface area (Å²) in [5, 5.41) is -0.622. The number of hydrogen-bond acceptors (Lipinski definition) is 4. The Kier molecular flexibility index (Phi) is 3.28. The molecule has 1 heterocycles. The fourth-order valence-corrected chi connectivity index (χ4v) is 4.02. The highest BCUT2D eigenvalue weighted by Crippen LogP contribution is 2.27. The number of allylic oxidation sites excluding steroid dienone is 1. The van der Waals surface area contributed by atoms with Gasteiger partial charge in [0.1, 0.15) is 0 Å². The summed E-state index contributed by atoms with van der Waals surface area (Å²) in [5.41, 5.74) is 0. The lowest BCUT2D eigenvalue weighted by Crippen LogP contribution is -2.17. The Morgan fingerprint density at radius 2 is 2.07 bits per heavy atom. The summed E-state index contributed by atoms with van der Waals surface area (Å²) in [6, 6.07) is 0. The van der Waals surface area contributed by atoms with E-state index in [1.54, 1.807) is 0 Å². The van der Waals surface area contributed by atoms with E-state index in [4.69, 9.17) is 10.7 Å². The van der Waals surface area contributed by atoms with Gasteiger partial charge in [0, 0.05) is 17.1 Å². The molecule has 82 valence electrons. The van der Waals surface area contributed by atoms with Crippen LogP contribution in [0.15, 0.2) is 11.5 Å². The third-order valence-electron chi connectivity index (χ3n) is 2.26. The standard InChI is InChI=1S/C7H11ClO4S2/c1-6(14(8,11)12)5-7-3-2-4-13(7,9)10/h7H,1-5H2. The Morgan fingerprint density at radius 3 is 2.43 bits per heavy atom. The number of hydrogen-bond donors (Lipinski definition) is 0. The summed E-state index contributed by atoms with van der Waals surface area (Å²) in [6.07, 6.45) is 1.00. The van der Waals surface area contributed by atoms with Crippen molar-refractivity contribution in [3.05, 3.63) is 11.5 Å². The van der Waals surface area contributed by atoms with Crippen molar-refractivity contribution in [2.75, 3.05) is 5.75 Å². The van der Waals surface area contributed by atoms with E-state index < -0.39 is 24.1 Å². The van der Waals surface area contributed by atoms with Gasteiger partial charge in [0.2, 0.25) is 0 Å². The van der Waals surface area contributed by atoms with Crippen LogP contribution in [0.4, 0.5) is 0 Å². The summed E-state index contributed by atoms with van der Waals surface area (Å²) in [7, 11) is -1.92. The Morgan fingerprint density at radius 1 is 1.50 bits per heavy atom. The maximum Gasteiger partial charge on any atom is 0.256 e. The van der Waals surface area contributed by atoms with Crippen molar-refractivity contribution in [3.63, 3.8) is 0 Å². The maximum atomic E-state index is 11.3. The van der Waals surface area contributed by atoms with Crippen molar-refractivity contribution in [1.29, 1.82) is 0 Å². The van der Waals surface area contributed by atoms with Crippen molar-refractivity contribution in [2.45, 2.75) is 24.5 Å². The number of rotatable bonds is 3. The van der Waals surface area contributed by atoms with Gasteiger partial charge in [-0.1, -0.05) is 6.58 Å². The zero-order valence-electron chi connectivity index (χ0n) is 7.44. The van der Waals surface area contributed by atoms with Gasteiger partial charge in [-0.05, 0) is 12.8 Å². The van der Waals surface area contributed by atoms with E-state index in [0.717, 1.165) is 0 Å². The third kappa shape index (κ3) is 2.71. The van der Waals surface area contributed by atoms with Crippen LogP contribution in [0, 0.1) is 0 Å². The highest BCUT2D eigenvalue weighted by Gasteiger charge is 2.33. The number of sulfone groups is 1. The molecule has 14 heavy (non-hydrogen) atoms. The predicted molar refractivity (Wildman–Crippen MR) is 55.3 cm³/mol. The topological polar surface area (TPSA) is 68.3 Å². The van der Waals surface area contributed by atoms with Gasteiger partial charge in [-0.25, -0.2) is 16.8 Å². The molecule has 1 saturated heterocycles. The van der Waals surface area contributed by atoms with Crippen LogP contribution in [-0.4, -0.2) is 27.8 Å². The highest BCUT2D eigenvalue weighted by atomic mass is 35.7. The molecule has 0 saturated carbocycles. The van der Waals surface area contributed by atoms with Crippen LogP contribution >= 0.6 is 10.7 Å². The summed E-state index contributed by atoms with van der Waals surface area (Å²) in [4.78, 5) is -0.213. The minimum absolute atomic E-state index is 0.0752.